The Labute approximate surface area is 141 Å². The largest absolute Gasteiger partial charge is 0.446 e. The molecule has 0 bridgehead atoms. The minimum Gasteiger partial charge on any atom is -0.446 e. The quantitative estimate of drug-likeness (QED) is 0.600. The lowest BCUT2D eigenvalue weighted by Gasteiger charge is -2.13. The van der Waals surface area contributed by atoms with Crippen molar-refractivity contribution in [3.05, 3.63) is 53.8 Å². The number of alkyl halides is 3. The topological polar surface area (TPSA) is 50.4 Å². The SMILES string of the molecule is CC(C)OC(=O)NNc1ccc(-c2cccc(C(F)(F)F)c2)c(F)c1. The number of hydrogen-bond donors (Lipinski definition) is 2. The van der Waals surface area contributed by atoms with Crippen LogP contribution in [0, 0.1) is 5.82 Å². The maximum atomic E-state index is 14.2. The van der Waals surface area contributed by atoms with Gasteiger partial charge in [-0.1, -0.05) is 12.1 Å². The van der Waals surface area contributed by atoms with Crippen molar-refractivity contribution in [3.63, 3.8) is 0 Å². The monoisotopic (exact) mass is 356 g/mol. The molecule has 134 valence electrons. The fourth-order valence-corrected chi connectivity index (χ4v) is 2.06. The minimum atomic E-state index is -4.51. The van der Waals surface area contributed by atoms with E-state index >= 15 is 0 Å². The van der Waals surface area contributed by atoms with Crippen LogP contribution in [-0.4, -0.2) is 12.2 Å². The number of hydrogen-bond acceptors (Lipinski definition) is 3. The van der Waals surface area contributed by atoms with Crippen molar-refractivity contribution in [1.29, 1.82) is 0 Å². The van der Waals surface area contributed by atoms with E-state index in [4.69, 9.17) is 4.74 Å². The van der Waals surface area contributed by atoms with Crippen LogP contribution in [0.15, 0.2) is 42.5 Å². The third-order valence-electron chi connectivity index (χ3n) is 3.12. The number of hydrazine groups is 1. The van der Waals surface area contributed by atoms with Gasteiger partial charge < -0.3 is 4.74 Å². The Balaban J connectivity index is 2.16. The average Bonchev–Trinajstić information content (AvgIpc) is 2.52. The first-order valence-electron chi connectivity index (χ1n) is 7.36. The summed E-state index contributed by atoms with van der Waals surface area (Å²) in [4.78, 5) is 11.3. The van der Waals surface area contributed by atoms with E-state index in [2.05, 4.69) is 10.9 Å². The van der Waals surface area contributed by atoms with Crippen molar-refractivity contribution >= 4 is 11.8 Å². The van der Waals surface area contributed by atoms with Crippen LogP contribution in [0.5, 0.6) is 0 Å². The van der Waals surface area contributed by atoms with Crippen LogP contribution >= 0.6 is 0 Å². The van der Waals surface area contributed by atoms with Crippen molar-refractivity contribution in [3.8, 4) is 11.1 Å². The molecule has 8 heteroatoms. The zero-order valence-corrected chi connectivity index (χ0v) is 13.4. The number of benzene rings is 2. The molecular weight excluding hydrogens is 340 g/mol. The van der Waals surface area contributed by atoms with Crippen LogP contribution in [0.2, 0.25) is 0 Å². The van der Waals surface area contributed by atoms with Crippen LogP contribution in [-0.2, 0) is 10.9 Å². The van der Waals surface area contributed by atoms with Gasteiger partial charge >= 0.3 is 12.3 Å². The number of carbonyl (C=O) groups excluding carboxylic acids is 1. The summed E-state index contributed by atoms with van der Waals surface area (Å²) < 4.78 is 57.3. The number of ether oxygens (including phenoxy) is 1. The number of amides is 1. The average molecular weight is 356 g/mol. The second kappa shape index (κ2) is 7.42. The summed E-state index contributed by atoms with van der Waals surface area (Å²) in [5.41, 5.74) is 4.16. The first kappa shape index (κ1) is 18.6. The molecule has 25 heavy (non-hydrogen) atoms. The highest BCUT2D eigenvalue weighted by molar-refractivity contribution is 5.71. The molecule has 0 aliphatic heterocycles. The molecule has 0 unspecified atom stereocenters. The first-order valence-corrected chi connectivity index (χ1v) is 7.36. The summed E-state index contributed by atoms with van der Waals surface area (Å²) in [5.74, 6) is -0.733. The standard InChI is InChI=1S/C17H16F4N2O2/c1-10(2)25-16(24)23-22-13-6-7-14(15(18)9-13)11-4-3-5-12(8-11)17(19,20)21/h3-10,22H,1-2H3,(H,23,24). The lowest BCUT2D eigenvalue weighted by molar-refractivity contribution is -0.137. The fourth-order valence-electron chi connectivity index (χ4n) is 2.06. The van der Waals surface area contributed by atoms with Gasteiger partial charge in [0.15, 0.2) is 0 Å². The highest BCUT2D eigenvalue weighted by Gasteiger charge is 2.30. The second-order valence-corrected chi connectivity index (χ2v) is 5.48. The van der Waals surface area contributed by atoms with E-state index in [-0.39, 0.29) is 22.9 Å². The number of carbonyl (C=O) groups is 1. The second-order valence-electron chi connectivity index (χ2n) is 5.48. The van der Waals surface area contributed by atoms with Crippen molar-refractivity contribution < 1.29 is 27.1 Å². The summed E-state index contributed by atoms with van der Waals surface area (Å²) >= 11 is 0. The van der Waals surface area contributed by atoms with Crippen LogP contribution in [0.25, 0.3) is 11.1 Å². The van der Waals surface area contributed by atoms with Crippen LogP contribution in [0.4, 0.5) is 28.0 Å². The maximum Gasteiger partial charge on any atom is 0.426 e. The summed E-state index contributed by atoms with van der Waals surface area (Å²) in [6.07, 6.45) is -5.56. The van der Waals surface area contributed by atoms with E-state index in [1.165, 1.54) is 24.3 Å². The van der Waals surface area contributed by atoms with Gasteiger partial charge in [-0.05, 0) is 49.7 Å². The Hall–Kier alpha value is -2.77. The predicted octanol–water partition coefficient (Wildman–Crippen LogP) is 4.97. The predicted molar refractivity (Wildman–Crippen MR) is 85.2 cm³/mol. The van der Waals surface area contributed by atoms with Crippen LogP contribution in [0.1, 0.15) is 19.4 Å². The van der Waals surface area contributed by atoms with E-state index in [1.807, 2.05) is 0 Å². The molecule has 4 nitrogen and oxygen atoms in total. The molecule has 0 aromatic heterocycles. The fraction of sp³-hybridized carbons (Fsp3) is 0.235. The van der Waals surface area contributed by atoms with E-state index in [0.29, 0.717) is 0 Å². The molecule has 2 aromatic carbocycles. The normalized spacial score (nSPS) is 11.3. The van der Waals surface area contributed by atoms with E-state index < -0.39 is 23.7 Å². The summed E-state index contributed by atoms with van der Waals surface area (Å²) in [6.45, 7) is 3.34. The molecule has 0 aliphatic rings. The third-order valence-corrected chi connectivity index (χ3v) is 3.12. The summed E-state index contributed by atoms with van der Waals surface area (Å²) in [6, 6.07) is 8.21. The molecule has 0 atom stereocenters. The van der Waals surface area contributed by atoms with Gasteiger partial charge in [0.1, 0.15) is 5.82 Å². The van der Waals surface area contributed by atoms with Gasteiger partial charge in [-0.3, -0.25) is 5.43 Å². The molecule has 2 rings (SSSR count). The maximum absolute atomic E-state index is 14.2. The van der Waals surface area contributed by atoms with Gasteiger partial charge in [0.2, 0.25) is 0 Å². The number of nitrogens with one attached hydrogen (secondary N) is 2. The molecule has 0 fully saturated rings. The lowest BCUT2D eigenvalue weighted by atomic mass is 10.0. The lowest BCUT2D eigenvalue weighted by Crippen LogP contribution is -2.31. The first-order chi connectivity index (χ1) is 11.7. The van der Waals surface area contributed by atoms with E-state index in [9.17, 15) is 22.4 Å². The number of halogens is 4. The smallest absolute Gasteiger partial charge is 0.426 e. The molecule has 0 radical (unpaired) electrons. The van der Waals surface area contributed by atoms with Gasteiger partial charge in [-0.15, -0.1) is 0 Å². The molecule has 0 saturated carbocycles. The third kappa shape index (κ3) is 5.10. The zero-order valence-electron chi connectivity index (χ0n) is 13.4. The van der Waals surface area contributed by atoms with Crippen molar-refractivity contribution in [2.75, 3.05) is 5.43 Å². The zero-order chi connectivity index (χ0) is 18.6. The van der Waals surface area contributed by atoms with Crippen LogP contribution in [0.3, 0.4) is 0 Å². The van der Waals surface area contributed by atoms with E-state index in [1.54, 1.807) is 13.8 Å². The molecule has 0 aliphatic carbocycles. The Morgan fingerprint density at radius 3 is 2.44 bits per heavy atom. The van der Waals surface area contributed by atoms with Gasteiger partial charge in [0, 0.05) is 5.56 Å². The molecule has 0 saturated heterocycles. The molecule has 1 amide bonds. The molecule has 0 spiro atoms. The highest BCUT2D eigenvalue weighted by atomic mass is 19.4. The molecule has 2 N–H and O–H groups in total. The summed E-state index contributed by atoms with van der Waals surface area (Å²) in [7, 11) is 0. The Bertz CT molecular complexity index is 761. The van der Waals surface area contributed by atoms with E-state index in [0.717, 1.165) is 18.2 Å². The Morgan fingerprint density at radius 2 is 1.84 bits per heavy atom. The minimum absolute atomic E-state index is 0.0152. The Kier molecular flexibility index (Phi) is 5.51. The van der Waals surface area contributed by atoms with Gasteiger partial charge in [0.05, 0.1) is 17.4 Å². The highest BCUT2D eigenvalue weighted by Crippen LogP contribution is 2.33. The van der Waals surface area contributed by atoms with Gasteiger partial charge in [-0.2, -0.15) is 13.2 Å². The van der Waals surface area contributed by atoms with Crippen LogP contribution < -0.4 is 10.9 Å². The van der Waals surface area contributed by atoms with Gasteiger partial charge in [-0.25, -0.2) is 14.6 Å². The van der Waals surface area contributed by atoms with Crippen molar-refractivity contribution in [2.24, 2.45) is 0 Å². The van der Waals surface area contributed by atoms with Gasteiger partial charge in [0.25, 0.3) is 0 Å². The number of anilines is 1. The molecular formula is C17H16F4N2O2. The number of rotatable bonds is 4. The molecule has 2 aromatic rings. The van der Waals surface area contributed by atoms with Crippen molar-refractivity contribution in [2.45, 2.75) is 26.1 Å². The molecule has 0 heterocycles. The summed E-state index contributed by atoms with van der Waals surface area (Å²) in [5, 5.41) is 0. The Morgan fingerprint density at radius 1 is 1.12 bits per heavy atom. The van der Waals surface area contributed by atoms with Crippen molar-refractivity contribution in [1.82, 2.24) is 5.43 Å².